The monoisotopic (exact) mass is 400 g/mol. The molecular formula is C22H32N4O3. The molecule has 1 aromatic carbocycles. The molecule has 0 aliphatic heterocycles. The Morgan fingerprint density at radius 3 is 2.45 bits per heavy atom. The molecule has 2 rings (SSSR count). The zero-order chi connectivity index (χ0) is 21.7. The van der Waals surface area contributed by atoms with Crippen LogP contribution in [0.2, 0.25) is 0 Å². The van der Waals surface area contributed by atoms with Gasteiger partial charge in [0.05, 0.1) is 12.1 Å². The first-order valence-electron chi connectivity index (χ1n) is 9.94. The normalized spacial score (nSPS) is 12.0. The molecule has 0 radical (unpaired) electrons. The highest BCUT2D eigenvalue weighted by Gasteiger charge is 2.19. The summed E-state index contributed by atoms with van der Waals surface area (Å²) in [5, 5.41) is 4.52. The Labute approximate surface area is 172 Å². The van der Waals surface area contributed by atoms with Crippen molar-refractivity contribution in [2.24, 2.45) is 5.92 Å². The topological polar surface area (TPSA) is 85.2 Å². The van der Waals surface area contributed by atoms with Crippen LogP contribution < -0.4 is 15.6 Å². The van der Waals surface area contributed by atoms with E-state index in [-0.39, 0.29) is 12.3 Å². The number of hydrazine groups is 1. The van der Waals surface area contributed by atoms with Gasteiger partial charge in [-0.3, -0.25) is 25.1 Å². The van der Waals surface area contributed by atoms with Crippen molar-refractivity contribution in [1.29, 1.82) is 0 Å². The van der Waals surface area contributed by atoms with Crippen LogP contribution in [0.4, 0.5) is 0 Å². The molecule has 0 aliphatic carbocycles. The average Bonchev–Trinajstić information content (AvgIpc) is 2.90. The number of hydrogen-bond acceptors (Lipinski definition) is 4. The number of nitrogens with one attached hydrogen (secondary N) is 2. The van der Waals surface area contributed by atoms with Crippen molar-refractivity contribution >= 4 is 11.8 Å². The molecule has 0 fully saturated rings. The van der Waals surface area contributed by atoms with Crippen LogP contribution in [0.5, 0.6) is 5.75 Å². The van der Waals surface area contributed by atoms with Crippen LogP contribution in [0.1, 0.15) is 48.8 Å². The Bertz CT molecular complexity index is 886. The molecule has 7 heteroatoms. The summed E-state index contributed by atoms with van der Waals surface area (Å²) < 4.78 is 7.67. The number of rotatable bonds is 7. The quantitative estimate of drug-likeness (QED) is 0.700. The summed E-state index contributed by atoms with van der Waals surface area (Å²) in [6.07, 6.45) is -0.588. The minimum Gasteiger partial charge on any atom is -0.481 e. The van der Waals surface area contributed by atoms with Gasteiger partial charge in [-0.05, 0) is 57.7 Å². The predicted octanol–water partition coefficient (Wildman–Crippen LogP) is 2.93. The number of carbonyl (C=O) groups is 2. The Kier molecular flexibility index (Phi) is 7.42. The molecule has 0 spiro atoms. The molecule has 29 heavy (non-hydrogen) atoms. The summed E-state index contributed by atoms with van der Waals surface area (Å²) >= 11 is 0. The first-order chi connectivity index (χ1) is 13.6. The number of benzene rings is 1. The number of hydrogen-bond donors (Lipinski definition) is 2. The van der Waals surface area contributed by atoms with E-state index in [1.54, 1.807) is 6.92 Å². The van der Waals surface area contributed by atoms with Gasteiger partial charge in [-0.1, -0.05) is 26.0 Å². The summed E-state index contributed by atoms with van der Waals surface area (Å²) in [5.74, 6) is 0.408. The van der Waals surface area contributed by atoms with E-state index in [1.165, 1.54) is 0 Å². The van der Waals surface area contributed by atoms with Crippen LogP contribution in [0.25, 0.3) is 0 Å². The maximum atomic E-state index is 12.3. The molecule has 2 amide bonds. The summed E-state index contributed by atoms with van der Waals surface area (Å²) in [6, 6.07) is 5.69. The second-order valence-electron chi connectivity index (χ2n) is 7.90. The third-order valence-electron chi connectivity index (χ3n) is 4.96. The Morgan fingerprint density at radius 2 is 1.79 bits per heavy atom. The third kappa shape index (κ3) is 5.82. The molecule has 0 saturated carbocycles. The second kappa shape index (κ2) is 9.58. The molecule has 2 N–H and O–H groups in total. The maximum absolute atomic E-state index is 12.3. The van der Waals surface area contributed by atoms with Crippen LogP contribution >= 0.6 is 0 Å². The molecule has 1 aromatic heterocycles. The van der Waals surface area contributed by atoms with Gasteiger partial charge in [0.15, 0.2) is 6.10 Å². The lowest BCUT2D eigenvalue weighted by Gasteiger charge is -2.17. The van der Waals surface area contributed by atoms with E-state index in [4.69, 9.17) is 4.74 Å². The molecule has 2 aromatic rings. The van der Waals surface area contributed by atoms with Crippen molar-refractivity contribution in [3.05, 3.63) is 46.3 Å². The van der Waals surface area contributed by atoms with E-state index >= 15 is 0 Å². The molecular weight excluding hydrogens is 368 g/mol. The highest BCUT2D eigenvalue weighted by molar-refractivity contribution is 5.85. The largest absolute Gasteiger partial charge is 0.481 e. The lowest BCUT2D eigenvalue weighted by molar-refractivity contribution is -0.132. The van der Waals surface area contributed by atoms with Crippen LogP contribution in [0, 0.1) is 33.6 Å². The Hall–Kier alpha value is -2.83. The Morgan fingerprint density at radius 1 is 1.10 bits per heavy atom. The van der Waals surface area contributed by atoms with Crippen molar-refractivity contribution in [3.8, 4) is 5.75 Å². The molecule has 0 saturated heterocycles. The van der Waals surface area contributed by atoms with Crippen molar-refractivity contribution in [2.75, 3.05) is 0 Å². The number of aromatic nitrogens is 2. The molecule has 1 unspecified atom stereocenters. The zero-order valence-corrected chi connectivity index (χ0v) is 18.4. The average molecular weight is 401 g/mol. The van der Waals surface area contributed by atoms with Gasteiger partial charge in [0.2, 0.25) is 5.91 Å². The van der Waals surface area contributed by atoms with E-state index in [2.05, 4.69) is 29.8 Å². The SMILES string of the molecule is Cc1cccc(OC(C)C(=O)NNC(=O)Cc2c(C)nn(CC(C)C)c2C)c1C. The fraction of sp³-hybridized carbons (Fsp3) is 0.500. The predicted molar refractivity (Wildman–Crippen MR) is 113 cm³/mol. The fourth-order valence-electron chi connectivity index (χ4n) is 3.05. The van der Waals surface area contributed by atoms with Crippen LogP contribution in [0.15, 0.2) is 18.2 Å². The van der Waals surface area contributed by atoms with Crippen molar-refractivity contribution in [3.63, 3.8) is 0 Å². The van der Waals surface area contributed by atoms with Crippen molar-refractivity contribution < 1.29 is 14.3 Å². The van der Waals surface area contributed by atoms with Gasteiger partial charge in [-0.25, -0.2) is 0 Å². The van der Waals surface area contributed by atoms with Gasteiger partial charge in [-0.15, -0.1) is 0 Å². The first-order valence-corrected chi connectivity index (χ1v) is 9.94. The number of amides is 2. The van der Waals surface area contributed by atoms with Gasteiger partial charge in [0, 0.05) is 17.8 Å². The first kappa shape index (κ1) is 22.5. The molecule has 1 heterocycles. The summed E-state index contributed by atoms with van der Waals surface area (Å²) in [5.41, 5.74) is 9.69. The number of aryl methyl sites for hydroxylation is 2. The highest BCUT2D eigenvalue weighted by atomic mass is 16.5. The van der Waals surface area contributed by atoms with E-state index < -0.39 is 12.0 Å². The van der Waals surface area contributed by atoms with E-state index in [0.717, 1.165) is 34.6 Å². The zero-order valence-electron chi connectivity index (χ0n) is 18.4. The van der Waals surface area contributed by atoms with Crippen molar-refractivity contribution in [2.45, 2.75) is 67.5 Å². The molecule has 7 nitrogen and oxygen atoms in total. The fourth-order valence-corrected chi connectivity index (χ4v) is 3.05. The highest BCUT2D eigenvalue weighted by Crippen LogP contribution is 2.21. The molecule has 1 atom stereocenters. The summed E-state index contributed by atoms with van der Waals surface area (Å²) in [6.45, 7) is 14.5. The number of nitrogens with zero attached hydrogens (tertiary/aromatic N) is 2. The van der Waals surface area contributed by atoms with Gasteiger partial charge < -0.3 is 4.74 Å². The van der Waals surface area contributed by atoms with Crippen LogP contribution in [-0.2, 0) is 22.6 Å². The lowest BCUT2D eigenvalue weighted by atomic mass is 10.1. The van der Waals surface area contributed by atoms with Gasteiger partial charge in [0.25, 0.3) is 5.91 Å². The standard InChI is InChI=1S/C22H32N4O3/c1-13(2)12-26-17(6)19(16(5)25-26)11-21(27)23-24-22(28)18(7)29-20-10-8-9-14(3)15(20)4/h8-10,13,18H,11-12H2,1-7H3,(H,23,27)(H,24,28). The van der Waals surface area contributed by atoms with Crippen LogP contribution in [-0.4, -0.2) is 27.7 Å². The molecule has 0 bridgehead atoms. The van der Waals surface area contributed by atoms with E-state index in [9.17, 15) is 9.59 Å². The summed E-state index contributed by atoms with van der Waals surface area (Å²) in [4.78, 5) is 24.6. The minimum atomic E-state index is -0.743. The number of ether oxygens (including phenoxy) is 1. The molecule has 0 aliphatic rings. The van der Waals surface area contributed by atoms with Crippen molar-refractivity contribution in [1.82, 2.24) is 20.6 Å². The van der Waals surface area contributed by atoms with E-state index in [0.29, 0.717) is 11.7 Å². The second-order valence-corrected chi connectivity index (χ2v) is 7.90. The van der Waals surface area contributed by atoms with E-state index in [1.807, 2.05) is 50.6 Å². The third-order valence-corrected chi connectivity index (χ3v) is 4.96. The molecule has 158 valence electrons. The van der Waals surface area contributed by atoms with Crippen LogP contribution in [0.3, 0.4) is 0 Å². The lowest BCUT2D eigenvalue weighted by Crippen LogP contribution is -2.47. The minimum absolute atomic E-state index is 0.155. The Balaban J connectivity index is 1.91. The maximum Gasteiger partial charge on any atom is 0.279 e. The number of carbonyl (C=O) groups excluding carboxylic acids is 2. The van der Waals surface area contributed by atoms with Gasteiger partial charge in [-0.2, -0.15) is 5.10 Å². The van der Waals surface area contributed by atoms with Gasteiger partial charge >= 0.3 is 0 Å². The van der Waals surface area contributed by atoms with Gasteiger partial charge in [0.1, 0.15) is 5.75 Å². The smallest absolute Gasteiger partial charge is 0.279 e. The summed E-state index contributed by atoms with van der Waals surface area (Å²) in [7, 11) is 0.